The quantitative estimate of drug-likeness (QED) is 0.230. The van der Waals surface area contributed by atoms with Gasteiger partial charge in [-0.3, -0.25) is 14.5 Å². The molecule has 0 aliphatic carbocycles. The lowest BCUT2D eigenvalue weighted by molar-refractivity contribution is -0.138. The van der Waals surface area contributed by atoms with Crippen molar-refractivity contribution in [2.75, 3.05) is 12.3 Å². The maximum absolute atomic E-state index is 13.2. The molecule has 1 aromatic carbocycles. The maximum Gasteiger partial charge on any atom is 0.408 e. The third kappa shape index (κ3) is 8.20. The predicted molar refractivity (Wildman–Crippen MR) is 128 cm³/mol. The van der Waals surface area contributed by atoms with Crippen LogP contribution in [0.5, 0.6) is 0 Å². The summed E-state index contributed by atoms with van der Waals surface area (Å²) < 4.78 is 5.21. The number of carbonyl (C=O) groups is 3. The van der Waals surface area contributed by atoms with Gasteiger partial charge in [0.05, 0.1) is 0 Å². The number of nitrogens with one attached hydrogen (secondary N) is 2. The lowest BCUT2D eigenvalue weighted by Crippen LogP contribution is -2.52. The average Bonchev–Trinajstić information content (AvgIpc) is 2.74. The molecule has 2 atom stereocenters. The van der Waals surface area contributed by atoms with E-state index in [1.54, 1.807) is 45.0 Å². The van der Waals surface area contributed by atoms with Gasteiger partial charge in [-0.05, 0) is 44.9 Å². The van der Waals surface area contributed by atoms with E-state index >= 15 is 0 Å². The number of nitrogens with zero attached hydrogens (tertiary/aromatic N) is 1. The summed E-state index contributed by atoms with van der Waals surface area (Å²) in [4.78, 5) is 39.4. The number of terminal acetylenes is 2. The van der Waals surface area contributed by atoms with Gasteiger partial charge in [0, 0.05) is 23.9 Å². The van der Waals surface area contributed by atoms with E-state index in [4.69, 9.17) is 17.6 Å². The summed E-state index contributed by atoms with van der Waals surface area (Å²) in [5.41, 5.74) is 0.359. The lowest BCUT2D eigenvalue weighted by Gasteiger charge is -2.30. The summed E-state index contributed by atoms with van der Waals surface area (Å²) in [7, 11) is 0. The minimum absolute atomic E-state index is 0.0452. The molecule has 0 aliphatic rings. The largest absolute Gasteiger partial charge is 0.444 e. The number of hydrogen-bond acceptors (Lipinski definition) is 5. The lowest BCUT2D eigenvalue weighted by atomic mass is 10.0. The van der Waals surface area contributed by atoms with Gasteiger partial charge in [-0.1, -0.05) is 37.8 Å². The van der Waals surface area contributed by atoms with Crippen LogP contribution in [0.15, 0.2) is 24.3 Å². The minimum Gasteiger partial charge on any atom is -0.444 e. The summed E-state index contributed by atoms with van der Waals surface area (Å²) in [5, 5.41) is 5.28. The first kappa shape index (κ1) is 26.9. The molecule has 7 nitrogen and oxygen atoms in total. The number of ether oxygens (including phenoxy) is 1. The molecular weight excluding hydrogens is 426 g/mol. The molecule has 8 heteroatoms. The highest BCUT2D eigenvalue weighted by molar-refractivity contribution is 7.80. The van der Waals surface area contributed by atoms with Crippen molar-refractivity contribution < 1.29 is 19.1 Å². The van der Waals surface area contributed by atoms with Crippen LogP contribution in [-0.4, -0.2) is 46.7 Å². The Bertz CT molecular complexity index is 878. The van der Waals surface area contributed by atoms with E-state index in [1.165, 1.54) is 0 Å². The standard InChI is InChI=1S/C24H31N3O4S/c1-7-10-15-25-21(28)20(18-13-11-17(8-2)12-14-18)27(9-3)22(29)19(16-32)26-23(30)31-24(4,5)6/h2-3,11-14,19-20,32H,7,10,15-16H2,1,4-6H3,(H,25,28)(H,26,30). The number of rotatable bonds is 9. The van der Waals surface area contributed by atoms with Crippen LogP contribution in [-0.2, 0) is 14.3 Å². The van der Waals surface area contributed by atoms with E-state index in [-0.39, 0.29) is 5.75 Å². The number of alkyl carbamates (subject to hydrolysis) is 1. The smallest absolute Gasteiger partial charge is 0.408 e. The van der Waals surface area contributed by atoms with E-state index in [2.05, 4.69) is 35.2 Å². The average molecular weight is 458 g/mol. The molecule has 0 fully saturated rings. The van der Waals surface area contributed by atoms with Gasteiger partial charge in [-0.15, -0.1) is 6.42 Å². The highest BCUT2D eigenvalue weighted by Gasteiger charge is 2.35. The Morgan fingerprint density at radius 2 is 1.81 bits per heavy atom. The van der Waals surface area contributed by atoms with E-state index in [0.29, 0.717) is 17.7 Å². The van der Waals surface area contributed by atoms with Crippen molar-refractivity contribution in [3.05, 3.63) is 35.4 Å². The maximum atomic E-state index is 13.2. The number of thiol groups is 1. The molecule has 0 heterocycles. The Morgan fingerprint density at radius 3 is 2.28 bits per heavy atom. The van der Waals surface area contributed by atoms with Gasteiger partial charge in [0.25, 0.3) is 5.91 Å². The zero-order chi connectivity index (χ0) is 24.3. The van der Waals surface area contributed by atoms with Crippen molar-refractivity contribution in [1.82, 2.24) is 15.5 Å². The van der Waals surface area contributed by atoms with E-state index < -0.39 is 35.6 Å². The molecule has 0 bridgehead atoms. The number of amides is 3. The van der Waals surface area contributed by atoms with Crippen LogP contribution in [0.2, 0.25) is 0 Å². The highest BCUT2D eigenvalue weighted by Crippen LogP contribution is 2.23. The molecule has 2 N–H and O–H groups in total. The zero-order valence-electron chi connectivity index (χ0n) is 19.0. The topological polar surface area (TPSA) is 87.7 Å². The summed E-state index contributed by atoms with van der Waals surface area (Å²) in [6, 6.07) is 6.70. The molecule has 0 aliphatic heterocycles. The summed E-state index contributed by atoms with van der Waals surface area (Å²) in [6.07, 6.45) is 11.9. The highest BCUT2D eigenvalue weighted by atomic mass is 32.1. The van der Waals surface area contributed by atoms with Gasteiger partial charge in [0.2, 0.25) is 5.91 Å². The fourth-order valence-electron chi connectivity index (χ4n) is 2.73. The first-order valence-corrected chi connectivity index (χ1v) is 10.9. The Kier molecular flexibility index (Phi) is 10.7. The Labute approximate surface area is 196 Å². The number of carbonyl (C=O) groups excluding carboxylic acids is 3. The van der Waals surface area contributed by atoms with Gasteiger partial charge < -0.3 is 15.4 Å². The monoisotopic (exact) mass is 457 g/mol. The van der Waals surface area contributed by atoms with Crippen molar-refractivity contribution in [3.8, 4) is 24.8 Å². The van der Waals surface area contributed by atoms with E-state index in [9.17, 15) is 14.4 Å². The third-order valence-electron chi connectivity index (χ3n) is 4.28. The molecule has 1 rings (SSSR count). The second-order valence-corrected chi connectivity index (χ2v) is 8.40. The van der Waals surface area contributed by atoms with Crippen molar-refractivity contribution in [1.29, 1.82) is 0 Å². The third-order valence-corrected chi connectivity index (χ3v) is 4.64. The van der Waals surface area contributed by atoms with Gasteiger partial charge >= 0.3 is 6.09 Å². The van der Waals surface area contributed by atoms with Gasteiger partial charge in [-0.2, -0.15) is 12.6 Å². The van der Waals surface area contributed by atoms with Crippen LogP contribution in [0.1, 0.15) is 57.7 Å². The van der Waals surface area contributed by atoms with Crippen LogP contribution < -0.4 is 10.6 Å². The van der Waals surface area contributed by atoms with Crippen molar-refractivity contribution in [2.45, 2.75) is 58.2 Å². The molecule has 0 aromatic heterocycles. The Balaban J connectivity index is 3.23. The fraction of sp³-hybridized carbons (Fsp3) is 0.458. The zero-order valence-corrected chi connectivity index (χ0v) is 19.9. The van der Waals surface area contributed by atoms with Crippen molar-refractivity contribution in [3.63, 3.8) is 0 Å². The molecule has 172 valence electrons. The molecule has 1 aromatic rings. The predicted octanol–water partition coefficient (Wildman–Crippen LogP) is 2.87. The molecule has 3 amide bonds. The summed E-state index contributed by atoms with van der Waals surface area (Å²) in [5.74, 6) is 1.36. The van der Waals surface area contributed by atoms with E-state index in [0.717, 1.165) is 17.7 Å². The SMILES string of the molecule is C#Cc1ccc(C(C(=O)NCCCC)N(C#C)C(=O)C(CS)NC(=O)OC(C)(C)C)cc1. The normalized spacial score (nSPS) is 12.5. The van der Waals surface area contributed by atoms with Crippen LogP contribution in [0.25, 0.3) is 0 Å². The molecule has 0 saturated carbocycles. The van der Waals surface area contributed by atoms with Crippen molar-refractivity contribution in [2.24, 2.45) is 0 Å². The first-order valence-electron chi connectivity index (χ1n) is 10.3. The van der Waals surface area contributed by atoms with Crippen LogP contribution >= 0.6 is 12.6 Å². The summed E-state index contributed by atoms with van der Waals surface area (Å²) in [6.45, 7) is 7.54. The van der Waals surface area contributed by atoms with E-state index in [1.807, 2.05) is 6.92 Å². The molecule has 0 spiro atoms. The van der Waals surface area contributed by atoms with Gasteiger partial charge in [-0.25, -0.2) is 4.79 Å². The Hall–Kier alpha value is -3.10. The number of hydrogen-bond donors (Lipinski definition) is 3. The van der Waals surface area contributed by atoms with Crippen LogP contribution in [0.3, 0.4) is 0 Å². The molecule has 32 heavy (non-hydrogen) atoms. The van der Waals surface area contributed by atoms with Gasteiger partial charge in [0.1, 0.15) is 17.7 Å². The Morgan fingerprint density at radius 1 is 1.19 bits per heavy atom. The molecular formula is C24H31N3O4S. The first-order chi connectivity index (χ1) is 15.1. The van der Waals surface area contributed by atoms with Gasteiger partial charge in [0.15, 0.2) is 0 Å². The number of benzene rings is 1. The number of unbranched alkanes of at least 4 members (excludes halogenated alkanes) is 1. The van der Waals surface area contributed by atoms with Crippen LogP contribution in [0, 0.1) is 24.8 Å². The molecule has 2 unspecified atom stereocenters. The van der Waals surface area contributed by atoms with Crippen molar-refractivity contribution >= 4 is 30.5 Å². The second-order valence-electron chi connectivity index (χ2n) is 8.03. The minimum atomic E-state index is -1.11. The fourth-order valence-corrected chi connectivity index (χ4v) is 2.98. The van der Waals surface area contributed by atoms with Crippen LogP contribution in [0.4, 0.5) is 4.79 Å². The summed E-state index contributed by atoms with van der Waals surface area (Å²) >= 11 is 4.17. The molecule has 0 radical (unpaired) electrons. The second kappa shape index (κ2) is 12.7. The molecule has 0 saturated heterocycles.